The minimum absolute atomic E-state index is 0.0119. The lowest BCUT2D eigenvalue weighted by Gasteiger charge is -2.18. The number of amides is 2. The number of alkyl carbamates (subject to hydrolysis) is 1. The normalized spacial score (nSPS) is 18.5. The van der Waals surface area contributed by atoms with Gasteiger partial charge in [0.15, 0.2) is 0 Å². The fraction of sp³-hybridized carbons (Fsp3) is 0.375. The molecule has 1 saturated carbocycles. The molecule has 0 aromatic heterocycles. The van der Waals surface area contributed by atoms with Crippen molar-refractivity contribution in [1.82, 2.24) is 10.6 Å². The molecule has 174 valence electrons. The molecular formula is C24H24F2N2O5. The van der Waals surface area contributed by atoms with Gasteiger partial charge in [0.1, 0.15) is 12.6 Å². The summed E-state index contributed by atoms with van der Waals surface area (Å²) in [6.45, 7) is -0.0143. The maximum Gasteiger partial charge on any atom is 0.407 e. The summed E-state index contributed by atoms with van der Waals surface area (Å²) in [6.07, 6.45) is -1.70. The van der Waals surface area contributed by atoms with Crippen molar-refractivity contribution in [3.8, 4) is 11.1 Å². The highest BCUT2D eigenvalue weighted by Gasteiger charge is 2.55. The van der Waals surface area contributed by atoms with Crippen molar-refractivity contribution in [2.75, 3.05) is 13.2 Å². The molecule has 9 heteroatoms. The Morgan fingerprint density at radius 3 is 2.18 bits per heavy atom. The SMILES string of the molecule is O=C(O)CC(NC(=O)OCC1c2ccccc2-c2ccccc21)C(=O)NCCC1CC1(F)F. The third-order valence-electron chi connectivity index (χ3n) is 6.08. The lowest BCUT2D eigenvalue weighted by molar-refractivity contribution is -0.139. The van der Waals surface area contributed by atoms with Crippen LogP contribution in [0.25, 0.3) is 11.1 Å². The maximum absolute atomic E-state index is 13.0. The molecular weight excluding hydrogens is 434 g/mol. The number of carbonyl (C=O) groups is 3. The molecule has 3 N–H and O–H groups in total. The summed E-state index contributed by atoms with van der Waals surface area (Å²) < 4.78 is 31.3. The molecule has 2 atom stereocenters. The summed E-state index contributed by atoms with van der Waals surface area (Å²) in [5, 5.41) is 13.8. The second kappa shape index (κ2) is 9.17. The monoisotopic (exact) mass is 458 g/mol. The number of aliphatic carboxylic acids is 1. The van der Waals surface area contributed by atoms with Gasteiger partial charge in [-0.25, -0.2) is 13.6 Å². The summed E-state index contributed by atoms with van der Waals surface area (Å²) in [5.74, 6) is -5.69. The van der Waals surface area contributed by atoms with Crippen LogP contribution in [-0.2, 0) is 14.3 Å². The van der Waals surface area contributed by atoms with Gasteiger partial charge in [0.2, 0.25) is 5.91 Å². The first-order chi connectivity index (χ1) is 15.8. The third kappa shape index (κ3) is 5.13. The molecule has 0 spiro atoms. The molecule has 0 radical (unpaired) electrons. The Labute approximate surface area is 189 Å². The van der Waals surface area contributed by atoms with Gasteiger partial charge in [0, 0.05) is 24.8 Å². The average molecular weight is 458 g/mol. The minimum Gasteiger partial charge on any atom is -0.481 e. The Bertz CT molecular complexity index is 1030. The van der Waals surface area contributed by atoms with Gasteiger partial charge in [-0.15, -0.1) is 0 Å². The molecule has 2 aromatic carbocycles. The Morgan fingerprint density at radius 2 is 1.64 bits per heavy atom. The third-order valence-corrected chi connectivity index (χ3v) is 6.08. The van der Waals surface area contributed by atoms with Crippen molar-refractivity contribution in [2.45, 2.75) is 37.1 Å². The first-order valence-corrected chi connectivity index (χ1v) is 10.7. The Balaban J connectivity index is 1.34. The van der Waals surface area contributed by atoms with Gasteiger partial charge in [-0.1, -0.05) is 48.5 Å². The number of carbonyl (C=O) groups excluding carboxylic acids is 2. The standard InChI is InChI=1S/C24H24F2N2O5/c25-24(26)12-14(24)9-10-27-22(31)20(11-21(29)30)28-23(32)33-13-19-17-7-3-1-5-15(17)16-6-2-4-8-18(16)19/h1-8,14,19-20H,9-13H2,(H,27,31)(H,28,32)(H,29,30). The van der Waals surface area contributed by atoms with Crippen LogP contribution in [0, 0.1) is 5.92 Å². The second-order valence-electron chi connectivity index (χ2n) is 8.36. The van der Waals surface area contributed by atoms with Crippen molar-refractivity contribution in [2.24, 2.45) is 5.92 Å². The second-order valence-corrected chi connectivity index (χ2v) is 8.36. The zero-order valence-electron chi connectivity index (χ0n) is 17.7. The molecule has 33 heavy (non-hydrogen) atoms. The number of ether oxygens (including phenoxy) is 1. The highest BCUT2D eigenvalue weighted by atomic mass is 19.3. The summed E-state index contributed by atoms with van der Waals surface area (Å²) in [4.78, 5) is 35.9. The first kappa shape index (κ1) is 22.7. The van der Waals surface area contributed by atoms with Crippen LogP contribution in [0.1, 0.15) is 36.3 Å². The number of carboxylic acid groups (broad SMARTS) is 1. The van der Waals surface area contributed by atoms with E-state index < -0.39 is 42.3 Å². The van der Waals surface area contributed by atoms with Crippen molar-refractivity contribution in [1.29, 1.82) is 0 Å². The van der Waals surface area contributed by atoms with Gasteiger partial charge in [-0.05, 0) is 28.7 Å². The number of hydrogen-bond donors (Lipinski definition) is 3. The molecule has 2 aliphatic carbocycles. The van der Waals surface area contributed by atoms with Gasteiger partial charge >= 0.3 is 12.1 Å². The molecule has 0 bridgehead atoms. The van der Waals surface area contributed by atoms with Crippen LogP contribution in [0.4, 0.5) is 13.6 Å². The fourth-order valence-corrected chi connectivity index (χ4v) is 4.24. The van der Waals surface area contributed by atoms with Gasteiger partial charge in [-0.3, -0.25) is 9.59 Å². The van der Waals surface area contributed by atoms with E-state index in [0.29, 0.717) is 0 Å². The zero-order valence-corrected chi connectivity index (χ0v) is 17.7. The molecule has 0 aliphatic heterocycles. The Morgan fingerprint density at radius 1 is 1.06 bits per heavy atom. The number of benzene rings is 2. The van der Waals surface area contributed by atoms with E-state index in [1.54, 1.807) is 0 Å². The largest absolute Gasteiger partial charge is 0.481 e. The number of hydrogen-bond acceptors (Lipinski definition) is 4. The van der Waals surface area contributed by atoms with E-state index in [2.05, 4.69) is 10.6 Å². The van der Waals surface area contributed by atoms with E-state index in [0.717, 1.165) is 22.3 Å². The van der Waals surface area contributed by atoms with Crippen LogP contribution in [0.3, 0.4) is 0 Å². The molecule has 0 saturated heterocycles. The van der Waals surface area contributed by atoms with Gasteiger partial charge in [0.25, 0.3) is 5.92 Å². The molecule has 2 aromatic rings. The number of halogens is 2. The molecule has 1 fully saturated rings. The van der Waals surface area contributed by atoms with E-state index in [1.165, 1.54) is 0 Å². The zero-order chi connectivity index (χ0) is 23.6. The highest BCUT2D eigenvalue weighted by molar-refractivity contribution is 5.89. The van der Waals surface area contributed by atoms with E-state index in [9.17, 15) is 23.2 Å². The van der Waals surface area contributed by atoms with E-state index in [4.69, 9.17) is 9.84 Å². The fourth-order valence-electron chi connectivity index (χ4n) is 4.24. The number of alkyl halides is 2. The number of rotatable bonds is 9. The predicted molar refractivity (Wildman–Crippen MR) is 115 cm³/mol. The van der Waals surface area contributed by atoms with Crippen molar-refractivity contribution in [3.05, 3.63) is 59.7 Å². The van der Waals surface area contributed by atoms with Gasteiger partial charge in [0.05, 0.1) is 6.42 Å². The average Bonchev–Trinajstić information content (AvgIpc) is 3.26. The van der Waals surface area contributed by atoms with E-state index in [-0.39, 0.29) is 31.9 Å². The summed E-state index contributed by atoms with van der Waals surface area (Å²) in [6, 6.07) is 14.2. The van der Waals surface area contributed by atoms with Crippen LogP contribution in [0.2, 0.25) is 0 Å². The van der Waals surface area contributed by atoms with Crippen molar-refractivity contribution in [3.63, 3.8) is 0 Å². The van der Waals surface area contributed by atoms with Crippen LogP contribution < -0.4 is 10.6 Å². The van der Waals surface area contributed by atoms with Crippen molar-refractivity contribution < 1.29 is 33.0 Å². The Kier molecular flexibility index (Phi) is 6.31. The maximum atomic E-state index is 13.0. The predicted octanol–water partition coefficient (Wildman–Crippen LogP) is 3.53. The van der Waals surface area contributed by atoms with E-state index in [1.807, 2.05) is 48.5 Å². The van der Waals surface area contributed by atoms with Crippen molar-refractivity contribution >= 4 is 18.0 Å². The number of carboxylic acids is 1. The van der Waals surface area contributed by atoms with Crippen LogP contribution in [0.5, 0.6) is 0 Å². The topological polar surface area (TPSA) is 105 Å². The molecule has 2 amide bonds. The lowest BCUT2D eigenvalue weighted by Crippen LogP contribution is -2.48. The van der Waals surface area contributed by atoms with Gasteiger partial charge in [-0.2, -0.15) is 0 Å². The minimum atomic E-state index is -2.69. The molecule has 2 unspecified atom stereocenters. The number of nitrogens with one attached hydrogen (secondary N) is 2. The highest BCUT2D eigenvalue weighted by Crippen LogP contribution is 2.50. The van der Waals surface area contributed by atoms with Crippen LogP contribution >= 0.6 is 0 Å². The quantitative estimate of drug-likeness (QED) is 0.533. The van der Waals surface area contributed by atoms with Crippen LogP contribution in [0.15, 0.2) is 48.5 Å². The van der Waals surface area contributed by atoms with Crippen LogP contribution in [-0.4, -0.2) is 48.2 Å². The molecule has 2 aliphatic rings. The smallest absolute Gasteiger partial charge is 0.407 e. The number of fused-ring (bicyclic) bond motifs is 3. The van der Waals surface area contributed by atoms with E-state index >= 15 is 0 Å². The molecule has 7 nitrogen and oxygen atoms in total. The summed E-state index contributed by atoms with van der Waals surface area (Å²) in [5.41, 5.74) is 4.16. The first-order valence-electron chi connectivity index (χ1n) is 10.7. The molecule has 4 rings (SSSR count). The molecule has 0 heterocycles. The summed E-state index contributed by atoms with van der Waals surface area (Å²) in [7, 11) is 0. The lowest BCUT2D eigenvalue weighted by atomic mass is 9.98. The Hall–Kier alpha value is -3.49. The van der Waals surface area contributed by atoms with Gasteiger partial charge < -0.3 is 20.5 Å². The summed E-state index contributed by atoms with van der Waals surface area (Å²) >= 11 is 0.